The zero-order valence-corrected chi connectivity index (χ0v) is 20.2. The second-order valence-corrected chi connectivity index (χ2v) is 9.10. The topological polar surface area (TPSA) is 119 Å². The molecule has 1 aromatic heterocycles. The first kappa shape index (κ1) is 30.8. The fourth-order valence-electron chi connectivity index (χ4n) is 4.49. The van der Waals surface area contributed by atoms with Crippen molar-refractivity contribution in [2.75, 3.05) is 45.9 Å². The molecule has 1 aromatic rings. The molecule has 0 saturated carbocycles. The van der Waals surface area contributed by atoms with Crippen LogP contribution in [0.4, 0.5) is 26.3 Å². The molecule has 3 aliphatic rings. The number of nitrogens with one attached hydrogen (secondary N) is 1. The Bertz CT molecular complexity index is 847. The summed E-state index contributed by atoms with van der Waals surface area (Å²) in [6.45, 7) is 8.82. The largest absolute Gasteiger partial charge is 0.490 e. The Labute approximate surface area is 209 Å². The van der Waals surface area contributed by atoms with Crippen molar-refractivity contribution in [3.8, 4) is 0 Å². The molecule has 1 atom stereocenters. The molecule has 0 bridgehead atoms. The molecule has 212 valence electrons. The Kier molecular flexibility index (Phi) is 11.6. The van der Waals surface area contributed by atoms with Crippen LogP contribution >= 0.6 is 0 Å². The van der Waals surface area contributed by atoms with Gasteiger partial charge in [0.25, 0.3) is 0 Å². The third-order valence-electron chi connectivity index (χ3n) is 6.22. The lowest BCUT2D eigenvalue weighted by molar-refractivity contribution is -0.193. The van der Waals surface area contributed by atoms with E-state index in [-0.39, 0.29) is 0 Å². The molecule has 9 nitrogen and oxygen atoms in total. The van der Waals surface area contributed by atoms with Crippen molar-refractivity contribution in [1.82, 2.24) is 20.0 Å². The third-order valence-corrected chi connectivity index (χ3v) is 6.22. The minimum absolute atomic E-state index is 0.816. The Balaban J connectivity index is 0.000000286. The lowest BCUT2D eigenvalue weighted by Gasteiger charge is -2.36. The highest BCUT2D eigenvalue weighted by molar-refractivity contribution is 5.73. The number of H-pyrrole nitrogens is 1. The molecule has 0 spiro atoms. The van der Waals surface area contributed by atoms with E-state index in [0.29, 0.717) is 0 Å². The van der Waals surface area contributed by atoms with Gasteiger partial charge in [0.05, 0.1) is 18.9 Å². The first-order chi connectivity index (χ1) is 17.3. The summed E-state index contributed by atoms with van der Waals surface area (Å²) in [7, 11) is 0. The number of hydrogen-bond acceptors (Lipinski definition) is 6. The highest BCUT2D eigenvalue weighted by atomic mass is 19.4. The van der Waals surface area contributed by atoms with Crippen LogP contribution in [0.2, 0.25) is 0 Å². The number of carbonyl (C=O) groups is 2. The monoisotopic (exact) mass is 546 g/mol. The third kappa shape index (κ3) is 10.9. The van der Waals surface area contributed by atoms with Crippen LogP contribution in [0.5, 0.6) is 0 Å². The van der Waals surface area contributed by atoms with Gasteiger partial charge in [-0.3, -0.25) is 14.9 Å². The zero-order chi connectivity index (χ0) is 27.6. The van der Waals surface area contributed by atoms with Gasteiger partial charge in [0.15, 0.2) is 0 Å². The Morgan fingerprint density at radius 2 is 1.49 bits per heavy atom. The van der Waals surface area contributed by atoms with Crippen molar-refractivity contribution < 1.29 is 50.9 Å². The van der Waals surface area contributed by atoms with Crippen molar-refractivity contribution in [3.05, 3.63) is 17.0 Å². The summed E-state index contributed by atoms with van der Waals surface area (Å²) in [4.78, 5) is 23.0. The van der Waals surface area contributed by atoms with Gasteiger partial charge in [0.1, 0.15) is 0 Å². The number of aliphatic carboxylic acids is 2. The van der Waals surface area contributed by atoms with E-state index in [2.05, 4.69) is 20.0 Å². The van der Waals surface area contributed by atoms with Crippen LogP contribution in [-0.4, -0.2) is 100 Å². The Morgan fingerprint density at radius 1 is 0.919 bits per heavy atom. The fraction of sp³-hybridized carbons (Fsp3) is 0.773. The van der Waals surface area contributed by atoms with Gasteiger partial charge < -0.3 is 14.9 Å². The van der Waals surface area contributed by atoms with Crippen LogP contribution in [-0.2, 0) is 33.7 Å². The number of hydrogen-bond donors (Lipinski definition) is 3. The number of ether oxygens (including phenoxy) is 1. The average molecular weight is 547 g/mol. The first-order valence-electron chi connectivity index (χ1n) is 11.9. The summed E-state index contributed by atoms with van der Waals surface area (Å²) in [5, 5.41) is 22.2. The van der Waals surface area contributed by atoms with E-state index in [4.69, 9.17) is 24.5 Å². The average Bonchev–Trinajstić information content (AvgIpc) is 3.22. The van der Waals surface area contributed by atoms with E-state index in [1.807, 2.05) is 0 Å². The van der Waals surface area contributed by atoms with Gasteiger partial charge in [0, 0.05) is 38.4 Å². The number of morpholine rings is 1. The van der Waals surface area contributed by atoms with E-state index in [1.54, 1.807) is 0 Å². The van der Waals surface area contributed by atoms with Crippen LogP contribution in [0.25, 0.3) is 0 Å². The maximum atomic E-state index is 10.6. The lowest BCUT2D eigenvalue weighted by atomic mass is 9.94. The SMILES string of the molecule is C1CCc2c(CN3CCCC(CN4CCOCC4)C3)n[nH]c2C1.O=C(O)C(F)(F)F.O=C(O)C(F)(F)F. The van der Waals surface area contributed by atoms with Crippen LogP contribution < -0.4 is 0 Å². The highest BCUT2D eigenvalue weighted by Gasteiger charge is 2.38. The van der Waals surface area contributed by atoms with Crippen molar-refractivity contribution in [1.29, 1.82) is 0 Å². The number of carboxylic acid groups (broad SMARTS) is 2. The molecule has 3 N–H and O–H groups in total. The summed E-state index contributed by atoms with van der Waals surface area (Å²) in [5.74, 6) is -4.70. The highest BCUT2D eigenvalue weighted by Crippen LogP contribution is 2.25. The zero-order valence-electron chi connectivity index (χ0n) is 20.2. The smallest absolute Gasteiger partial charge is 0.475 e. The summed E-state index contributed by atoms with van der Waals surface area (Å²) < 4.78 is 68.9. The number of nitrogens with zero attached hydrogens (tertiary/aromatic N) is 3. The molecular formula is C22H32F6N4O5. The van der Waals surface area contributed by atoms with Crippen LogP contribution in [0, 0.1) is 5.92 Å². The summed E-state index contributed by atoms with van der Waals surface area (Å²) in [6.07, 6.45) is -2.37. The number of aromatic nitrogens is 2. The normalized spacial score (nSPS) is 21.1. The first-order valence-corrected chi connectivity index (χ1v) is 11.9. The van der Waals surface area contributed by atoms with Crippen molar-refractivity contribution >= 4 is 11.9 Å². The number of fused-ring (bicyclic) bond motifs is 1. The molecule has 1 unspecified atom stereocenters. The van der Waals surface area contributed by atoms with Gasteiger partial charge in [-0.25, -0.2) is 9.59 Å². The number of piperidine rings is 1. The molecule has 2 fully saturated rings. The standard InChI is InChI=1S/C18H30N4O.2C2HF3O2/c1-2-6-17-16(5-1)18(20-19-17)14-22-7-3-4-15(13-22)12-21-8-10-23-11-9-21;2*3-2(4,5)1(6)7/h15H,1-14H2,(H,19,20);2*(H,6,7). The molecule has 2 saturated heterocycles. The summed E-state index contributed by atoms with van der Waals surface area (Å²) >= 11 is 0. The number of rotatable bonds is 4. The minimum Gasteiger partial charge on any atom is -0.475 e. The van der Waals surface area contributed by atoms with Gasteiger partial charge in [-0.1, -0.05) is 0 Å². The summed E-state index contributed by atoms with van der Waals surface area (Å²) in [5.41, 5.74) is 4.27. The molecular weight excluding hydrogens is 514 g/mol. The molecule has 37 heavy (non-hydrogen) atoms. The maximum absolute atomic E-state index is 10.6. The molecule has 1 aliphatic carbocycles. The van der Waals surface area contributed by atoms with Gasteiger partial charge >= 0.3 is 24.3 Å². The van der Waals surface area contributed by atoms with Crippen LogP contribution in [0.3, 0.4) is 0 Å². The predicted molar refractivity (Wildman–Crippen MR) is 118 cm³/mol. The van der Waals surface area contributed by atoms with E-state index < -0.39 is 24.3 Å². The quantitative estimate of drug-likeness (QED) is 0.493. The summed E-state index contributed by atoms with van der Waals surface area (Å²) in [6, 6.07) is 0. The maximum Gasteiger partial charge on any atom is 0.490 e. The number of likely N-dealkylation sites (tertiary alicyclic amines) is 1. The molecule has 3 heterocycles. The van der Waals surface area contributed by atoms with Crippen molar-refractivity contribution in [2.24, 2.45) is 5.92 Å². The van der Waals surface area contributed by atoms with E-state index in [9.17, 15) is 26.3 Å². The second kappa shape index (κ2) is 14.0. The number of aromatic amines is 1. The van der Waals surface area contributed by atoms with E-state index in [1.165, 1.54) is 75.1 Å². The number of halogens is 6. The van der Waals surface area contributed by atoms with Crippen molar-refractivity contribution in [3.63, 3.8) is 0 Å². The van der Waals surface area contributed by atoms with E-state index >= 15 is 0 Å². The van der Waals surface area contributed by atoms with Crippen LogP contribution in [0.1, 0.15) is 42.6 Å². The molecule has 0 radical (unpaired) electrons. The van der Waals surface area contributed by atoms with Crippen LogP contribution in [0.15, 0.2) is 0 Å². The minimum atomic E-state index is -5.08. The molecule has 0 amide bonds. The second-order valence-electron chi connectivity index (χ2n) is 9.10. The molecule has 0 aromatic carbocycles. The molecule has 2 aliphatic heterocycles. The molecule has 4 rings (SSSR count). The van der Waals surface area contributed by atoms with Gasteiger partial charge in [0.2, 0.25) is 0 Å². The number of alkyl halides is 6. The number of aryl methyl sites for hydroxylation is 1. The number of carboxylic acids is 2. The van der Waals surface area contributed by atoms with E-state index in [0.717, 1.165) is 38.8 Å². The van der Waals surface area contributed by atoms with Gasteiger partial charge in [-0.2, -0.15) is 31.4 Å². The van der Waals surface area contributed by atoms with Gasteiger partial charge in [-0.15, -0.1) is 0 Å². The Morgan fingerprint density at radius 3 is 2.05 bits per heavy atom. The lowest BCUT2D eigenvalue weighted by Crippen LogP contribution is -2.44. The predicted octanol–water partition coefficient (Wildman–Crippen LogP) is 3.10. The Hall–Kier alpha value is -2.39. The van der Waals surface area contributed by atoms with Gasteiger partial charge in [-0.05, 0) is 56.6 Å². The fourth-order valence-corrected chi connectivity index (χ4v) is 4.49. The molecule has 15 heteroatoms. The van der Waals surface area contributed by atoms with Crippen molar-refractivity contribution in [2.45, 2.75) is 57.4 Å².